The van der Waals surface area contributed by atoms with Gasteiger partial charge < -0.3 is 13.7 Å². The molecule has 0 aliphatic rings. The van der Waals surface area contributed by atoms with Crippen LogP contribution < -0.4 is 0 Å². The van der Waals surface area contributed by atoms with Gasteiger partial charge >= 0.3 is 0 Å². The van der Waals surface area contributed by atoms with E-state index in [-0.39, 0.29) is 0 Å². The monoisotopic (exact) mass is 727 g/mol. The first-order valence-corrected chi connectivity index (χ1v) is 19.3. The van der Waals surface area contributed by atoms with Crippen LogP contribution in [0, 0.1) is 0 Å². The summed E-state index contributed by atoms with van der Waals surface area (Å²) in [5.74, 6) is 0. The predicted molar refractivity (Wildman–Crippen MR) is 236 cm³/mol. The van der Waals surface area contributed by atoms with E-state index in [1.165, 1.54) is 32.3 Å². The standard InChI is InChI=1S/C52H33N5/c1-7-25-44-34(17-1)35-18-2-8-26-45(35)55(44)50-40(42-23-13-15-31-53-42)33-41(43-24-14-16-32-54-43)51(56-46-27-9-3-19-36(46)37-20-4-10-28-47(37)56)52(50)57-48-29-11-5-21-38(48)39-22-6-12-30-49(39)57/h1-33H. The Kier molecular flexibility index (Phi) is 6.86. The SMILES string of the molecule is c1ccc(-c2cc(-c3ccccn3)c(-n3c4ccccc4c4ccccc43)c(-n3c4ccccc4c4ccccc43)c2-n2c3ccccc3c3ccccc32)nc1. The Labute approximate surface area is 328 Å². The molecule has 0 N–H and O–H groups in total. The highest BCUT2D eigenvalue weighted by atomic mass is 15.1. The number of benzene rings is 7. The molecule has 0 fully saturated rings. The van der Waals surface area contributed by atoms with Crippen molar-refractivity contribution in [2.24, 2.45) is 0 Å². The van der Waals surface area contributed by atoms with Crippen molar-refractivity contribution < 1.29 is 0 Å². The molecular formula is C52H33N5. The molecule has 0 bridgehead atoms. The topological polar surface area (TPSA) is 40.6 Å². The first kappa shape index (κ1) is 31.6. The van der Waals surface area contributed by atoms with E-state index in [0.717, 1.165) is 72.7 Å². The van der Waals surface area contributed by atoms with Crippen LogP contribution >= 0.6 is 0 Å². The van der Waals surface area contributed by atoms with E-state index in [9.17, 15) is 0 Å². The minimum atomic E-state index is 0.877. The van der Waals surface area contributed by atoms with Crippen LogP contribution in [0.15, 0.2) is 200 Å². The lowest BCUT2D eigenvalue weighted by atomic mass is 9.96. The van der Waals surface area contributed by atoms with Crippen molar-refractivity contribution in [3.8, 4) is 39.6 Å². The van der Waals surface area contributed by atoms with Gasteiger partial charge in [0.2, 0.25) is 0 Å². The molecule has 0 aliphatic heterocycles. The summed E-state index contributed by atoms with van der Waals surface area (Å²) in [5, 5.41) is 7.16. The zero-order chi connectivity index (χ0) is 37.5. The lowest BCUT2D eigenvalue weighted by Gasteiger charge is -2.27. The van der Waals surface area contributed by atoms with Crippen LogP contribution in [-0.4, -0.2) is 23.7 Å². The molecule has 12 aromatic rings. The Balaban J connectivity index is 1.43. The third-order valence-corrected chi connectivity index (χ3v) is 11.5. The van der Waals surface area contributed by atoms with E-state index in [4.69, 9.17) is 9.97 Å². The van der Waals surface area contributed by atoms with Crippen molar-refractivity contribution in [3.63, 3.8) is 0 Å². The average Bonchev–Trinajstić information content (AvgIpc) is 3.92. The molecule has 12 rings (SSSR count). The minimum absolute atomic E-state index is 0.877. The van der Waals surface area contributed by atoms with Crippen molar-refractivity contribution in [1.29, 1.82) is 0 Å². The molecule has 0 spiro atoms. The van der Waals surface area contributed by atoms with E-state index in [2.05, 4.69) is 190 Å². The van der Waals surface area contributed by atoms with E-state index >= 15 is 0 Å². The number of pyridine rings is 2. The summed E-state index contributed by atoms with van der Waals surface area (Å²) < 4.78 is 7.46. The second kappa shape index (κ2) is 12.4. The summed E-state index contributed by atoms with van der Waals surface area (Å²) in [6.45, 7) is 0. The van der Waals surface area contributed by atoms with Crippen LogP contribution in [0.1, 0.15) is 0 Å². The van der Waals surface area contributed by atoms with Crippen LogP contribution in [-0.2, 0) is 0 Å². The number of para-hydroxylation sites is 6. The number of hydrogen-bond acceptors (Lipinski definition) is 2. The van der Waals surface area contributed by atoms with Crippen molar-refractivity contribution in [3.05, 3.63) is 200 Å². The largest absolute Gasteiger partial charge is 0.306 e. The molecular weight excluding hydrogens is 695 g/mol. The van der Waals surface area contributed by atoms with E-state index in [1.807, 2.05) is 24.5 Å². The zero-order valence-corrected chi connectivity index (χ0v) is 30.8. The molecule has 5 nitrogen and oxygen atoms in total. The van der Waals surface area contributed by atoms with Gasteiger partial charge in [-0.1, -0.05) is 121 Å². The fraction of sp³-hybridized carbons (Fsp3) is 0. The van der Waals surface area contributed by atoms with Gasteiger partial charge in [0.15, 0.2) is 0 Å². The summed E-state index contributed by atoms with van der Waals surface area (Å²) in [6, 6.07) is 67.5. The molecule has 0 aliphatic carbocycles. The average molecular weight is 728 g/mol. The lowest BCUT2D eigenvalue weighted by molar-refractivity contribution is 1.05. The molecule has 5 heterocycles. The van der Waals surface area contributed by atoms with Crippen LogP contribution in [0.3, 0.4) is 0 Å². The molecule has 0 saturated heterocycles. The maximum atomic E-state index is 5.10. The van der Waals surface area contributed by atoms with E-state index < -0.39 is 0 Å². The van der Waals surface area contributed by atoms with Gasteiger partial charge in [-0.05, 0) is 66.7 Å². The smallest absolute Gasteiger partial charge is 0.0961 e. The first-order chi connectivity index (χ1) is 28.3. The maximum absolute atomic E-state index is 5.10. The van der Waals surface area contributed by atoms with E-state index in [0.29, 0.717) is 0 Å². The van der Waals surface area contributed by atoms with Crippen molar-refractivity contribution in [2.75, 3.05) is 0 Å². The molecule has 0 amide bonds. The second-order valence-electron chi connectivity index (χ2n) is 14.6. The van der Waals surface area contributed by atoms with E-state index in [1.54, 1.807) is 0 Å². The molecule has 0 radical (unpaired) electrons. The van der Waals surface area contributed by atoms with Crippen LogP contribution in [0.25, 0.3) is 105 Å². The molecule has 57 heavy (non-hydrogen) atoms. The van der Waals surface area contributed by atoms with Gasteiger partial charge in [0, 0.05) is 55.8 Å². The number of nitrogens with zero attached hydrogens (tertiary/aromatic N) is 5. The molecule has 5 aromatic heterocycles. The Bertz CT molecular complexity index is 3180. The Morgan fingerprint density at radius 3 is 0.807 bits per heavy atom. The van der Waals surface area contributed by atoms with Crippen LogP contribution in [0.5, 0.6) is 0 Å². The number of hydrogen-bond donors (Lipinski definition) is 0. The fourth-order valence-corrected chi connectivity index (χ4v) is 9.24. The third-order valence-electron chi connectivity index (χ3n) is 11.5. The molecule has 0 atom stereocenters. The van der Waals surface area contributed by atoms with Gasteiger partial charge in [0.1, 0.15) is 0 Å². The van der Waals surface area contributed by atoms with Crippen molar-refractivity contribution >= 4 is 65.4 Å². The number of fused-ring (bicyclic) bond motifs is 9. The van der Waals surface area contributed by atoms with Crippen molar-refractivity contribution in [2.45, 2.75) is 0 Å². The molecule has 7 aromatic carbocycles. The van der Waals surface area contributed by atoms with Crippen molar-refractivity contribution in [1.82, 2.24) is 23.7 Å². The van der Waals surface area contributed by atoms with Gasteiger partial charge in [-0.25, -0.2) is 0 Å². The Morgan fingerprint density at radius 2 is 0.526 bits per heavy atom. The zero-order valence-electron chi connectivity index (χ0n) is 30.8. The number of rotatable bonds is 5. The summed E-state index contributed by atoms with van der Waals surface area (Å²) in [6.07, 6.45) is 3.79. The Hall–Kier alpha value is -7.76. The van der Waals surface area contributed by atoms with Gasteiger partial charge in [-0.3, -0.25) is 9.97 Å². The maximum Gasteiger partial charge on any atom is 0.0961 e. The highest BCUT2D eigenvalue weighted by Crippen LogP contribution is 2.49. The number of aromatic nitrogens is 5. The summed E-state index contributed by atoms with van der Waals surface area (Å²) in [7, 11) is 0. The summed E-state index contributed by atoms with van der Waals surface area (Å²) >= 11 is 0. The molecule has 266 valence electrons. The highest BCUT2D eigenvalue weighted by Gasteiger charge is 2.30. The fourth-order valence-electron chi connectivity index (χ4n) is 9.24. The third kappa shape index (κ3) is 4.57. The highest BCUT2D eigenvalue weighted by molar-refractivity contribution is 6.15. The summed E-state index contributed by atoms with van der Waals surface area (Å²) in [5.41, 5.74) is 13.6. The molecule has 0 unspecified atom stereocenters. The quantitative estimate of drug-likeness (QED) is 0.177. The van der Waals surface area contributed by atoms with Gasteiger partial charge in [-0.2, -0.15) is 0 Å². The Morgan fingerprint density at radius 1 is 0.263 bits per heavy atom. The van der Waals surface area contributed by atoms with Gasteiger partial charge in [0.25, 0.3) is 0 Å². The molecule has 0 saturated carbocycles. The molecule has 5 heteroatoms. The van der Waals surface area contributed by atoms with Gasteiger partial charge in [0.05, 0.1) is 61.6 Å². The van der Waals surface area contributed by atoms with Crippen LogP contribution in [0.4, 0.5) is 0 Å². The normalized spacial score (nSPS) is 11.9. The first-order valence-electron chi connectivity index (χ1n) is 19.3. The minimum Gasteiger partial charge on any atom is -0.306 e. The lowest BCUT2D eigenvalue weighted by Crippen LogP contribution is -2.13. The predicted octanol–water partition coefficient (Wildman–Crippen LogP) is 13.1. The van der Waals surface area contributed by atoms with Crippen LogP contribution in [0.2, 0.25) is 0 Å². The van der Waals surface area contributed by atoms with Gasteiger partial charge in [-0.15, -0.1) is 0 Å². The second-order valence-corrected chi connectivity index (χ2v) is 14.6. The summed E-state index contributed by atoms with van der Waals surface area (Å²) in [4.78, 5) is 10.2.